The SMILES string of the molecule is CC1(C)CC(O[C-]=O)CC(C)(C)N1O.Cc1cc[c-]cc1.[Y]. The fourth-order valence-electron chi connectivity index (χ4n) is 2.80. The Hall–Kier alpha value is -0.286. The van der Waals surface area contributed by atoms with Crippen molar-refractivity contribution in [2.75, 3.05) is 0 Å². The minimum atomic E-state index is -0.372. The Kier molecular flexibility index (Phi) is 9.00. The van der Waals surface area contributed by atoms with E-state index in [2.05, 4.69) is 13.0 Å². The van der Waals surface area contributed by atoms with E-state index in [0.29, 0.717) is 12.8 Å². The maximum absolute atomic E-state index is 10.2. The predicted molar refractivity (Wildman–Crippen MR) is 81.6 cm³/mol. The molecule has 0 saturated carbocycles. The van der Waals surface area contributed by atoms with Crippen LogP contribution in [0.4, 0.5) is 0 Å². The van der Waals surface area contributed by atoms with Crippen LogP contribution in [0, 0.1) is 13.0 Å². The third kappa shape index (κ3) is 6.45. The van der Waals surface area contributed by atoms with Gasteiger partial charge >= 0.3 is 0 Å². The normalized spacial score (nSPS) is 20.1. The number of hydrogen-bond acceptors (Lipinski definition) is 4. The average molecular weight is 380 g/mol. The van der Waals surface area contributed by atoms with Gasteiger partial charge in [-0.15, -0.1) is 0 Å². The molecular weight excluding hydrogens is 355 g/mol. The van der Waals surface area contributed by atoms with Crippen LogP contribution in [-0.2, 0) is 42.2 Å². The summed E-state index contributed by atoms with van der Waals surface area (Å²) >= 11 is 0. The summed E-state index contributed by atoms with van der Waals surface area (Å²) in [5, 5.41) is 11.3. The van der Waals surface area contributed by atoms with E-state index in [4.69, 9.17) is 4.74 Å². The number of piperidine rings is 1. The molecule has 0 atom stereocenters. The number of hydroxylamine groups is 2. The van der Waals surface area contributed by atoms with Gasteiger partial charge in [0.2, 0.25) is 0 Å². The topological polar surface area (TPSA) is 49.8 Å². The molecule has 0 spiro atoms. The van der Waals surface area contributed by atoms with Gasteiger partial charge in [0.25, 0.3) is 0 Å². The number of carbonyl (C=O) groups excluding carboxylic acids is 1. The molecule has 0 unspecified atom stereocenters. The molecule has 0 aromatic heterocycles. The molecular formula is C17H25NO3Y-2. The second-order valence-electron chi connectivity index (χ2n) is 6.75. The van der Waals surface area contributed by atoms with Gasteiger partial charge in [-0.2, -0.15) is 41.0 Å². The van der Waals surface area contributed by atoms with E-state index in [-0.39, 0.29) is 49.9 Å². The maximum Gasteiger partial charge on any atom is 0.0633 e. The van der Waals surface area contributed by atoms with Crippen molar-refractivity contribution in [1.82, 2.24) is 5.06 Å². The number of aryl methyl sites for hydroxylation is 1. The predicted octanol–water partition coefficient (Wildman–Crippen LogP) is 3.27. The number of hydrogen-bond donors (Lipinski definition) is 1. The molecule has 0 amide bonds. The molecule has 1 aromatic rings. The van der Waals surface area contributed by atoms with E-state index >= 15 is 0 Å². The molecule has 1 aliphatic rings. The van der Waals surface area contributed by atoms with Crippen LogP contribution in [0.3, 0.4) is 0 Å². The third-order valence-corrected chi connectivity index (χ3v) is 3.70. The minimum Gasteiger partial charge on any atom is -0.650 e. The zero-order valence-corrected chi connectivity index (χ0v) is 16.9. The first-order valence-corrected chi connectivity index (χ1v) is 7.14. The Labute approximate surface area is 159 Å². The first-order valence-electron chi connectivity index (χ1n) is 7.14. The van der Waals surface area contributed by atoms with Gasteiger partial charge in [-0.25, -0.2) is 0 Å². The first-order chi connectivity index (χ1) is 9.69. The molecule has 5 heteroatoms. The Balaban J connectivity index is 0.000000465. The smallest absolute Gasteiger partial charge is 0.0633 e. The quantitative estimate of drug-likeness (QED) is 0.801. The van der Waals surface area contributed by atoms with Crippen LogP contribution in [-0.4, -0.2) is 33.9 Å². The van der Waals surface area contributed by atoms with Crippen molar-refractivity contribution in [2.24, 2.45) is 0 Å². The number of nitrogens with zero attached hydrogens (tertiary/aromatic N) is 1. The van der Waals surface area contributed by atoms with Gasteiger partial charge in [-0.05, 0) is 27.7 Å². The summed E-state index contributed by atoms with van der Waals surface area (Å²) in [7, 11) is 0. The van der Waals surface area contributed by atoms with Gasteiger partial charge in [0, 0.05) is 56.6 Å². The molecule has 0 bridgehead atoms. The van der Waals surface area contributed by atoms with E-state index < -0.39 is 0 Å². The van der Waals surface area contributed by atoms with Crippen molar-refractivity contribution >= 4 is 6.47 Å². The largest absolute Gasteiger partial charge is 0.650 e. The van der Waals surface area contributed by atoms with Gasteiger partial charge < -0.3 is 14.7 Å². The van der Waals surface area contributed by atoms with E-state index in [9.17, 15) is 10.0 Å². The van der Waals surface area contributed by atoms with Crippen LogP contribution in [0.2, 0.25) is 0 Å². The molecule has 1 aromatic carbocycles. The van der Waals surface area contributed by atoms with Crippen molar-refractivity contribution in [3.8, 4) is 0 Å². The van der Waals surface area contributed by atoms with Crippen LogP contribution < -0.4 is 0 Å². The summed E-state index contributed by atoms with van der Waals surface area (Å²) in [6, 6.07) is 10.8. The number of benzene rings is 1. The standard InChI is InChI=1S/C10H18NO3.C7H7.Y/c1-9(2)5-8(14-7-12)6-10(3,4)11(9)13;1-7-5-3-2-4-6-7;/h8,13H,5-6H2,1-4H3;3-6H,1H3;/q2*-1;. The summed E-state index contributed by atoms with van der Waals surface area (Å²) in [6.07, 6.45) is 1.10. The van der Waals surface area contributed by atoms with Crippen LogP contribution in [0.5, 0.6) is 0 Å². The van der Waals surface area contributed by atoms with Crippen LogP contribution in [0.15, 0.2) is 24.3 Å². The van der Waals surface area contributed by atoms with E-state index in [1.807, 2.05) is 52.0 Å². The monoisotopic (exact) mass is 380 g/mol. The van der Waals surface area contributed by atoms with Crippen molar-refractivity contribution in [3.05, 3.63) is 35.9 Å². The van der Waals surface area contributed by atoms with Crippen molar-refractivity contribution in [1.29, 1.82) is 0 Å². The van der Waals surface area contributed by atoms with Gasteiger partial charge in [0.15, 0.2) is 0 Å². The summed E-state index contributed by atoms with van der Waals surface area (Å²) in [5.74, 6) is 0. The fraction of sp³-hybridized carbons (Fsp3) is 0.588. The maximum atomic E-state index is 10.2. The van der Waals surface area contributed by atoms with Crippen LogP contribution in [0.1, 0.15) is 46.1 Å². The molecule has 0 aliphatic carbocycles. The fourth-order valence-corrected chi connectivity index (χ4v) is 2.80. The Bertz CT molecular complexity index is 430. The van der Waals surface area contributed by atoms with Crippen molar-refractivity contribution < 1.29 is 47.4 Å². The Morgan fingerprint density at radius 3 is 2.00 bits per heavy atom. The van der Waals surface area contributed by atoms with Crippen LogP contribution >= 0.6 is 0 Å². The summed E-state index contributed by atoms with van der Waals surface area (Å²) in [6.45, 7) is 11.2. The molecule has 1 heterocycles. The van der Waals surface area contributed by atoms with Gasteiger partial charge in [0.05, 0.1) is 6.10 Å². The van der Waals surface area contributed by atoms with Gasteiger partial charge in [-0.1, -0.05) is 13.4 Å². The molecule has 22 heavy (non-hydrogen) atoms. The van der Waals surface area contributed by atoms with Gasteiger partial charge in [-0.3, -0.25) is 0 Å². The zero-order chi connectivity index (χ0) is 16.1. The van der Waals surface area contributed by atoms with E-state index in [0.717, 1.165) is 0 Å². The molecule has 1 aliphatic heterocycles. The Morgan fingerprint density at radius 2 is 1.68 bits per heavy atom. The first kappa shape index (κ1) is 21.7. The van der Waals surface area contributed by atoms with Crippen molar-refractivity contribution in [3.63, 3.8) is 0 Å². The second kappa shape index (κ2) is 9.12. The molecule has 1 radical (unpaired) electrons. The molecule has 1 saturated heterocycles. The number of rotatable bonds is 2. The average Bonchev–Trinajstić information content (AvgIpc) is 2.37. The molecule has 121 valence electrons. The Morgan fingerprint density at radius 1 is 1.23 bits per heavy atom. The zero-order valence-electron chi connectivity index (χ0n) is 14.1. The third-order valence-electron chi connectivity index (χ3n) is 3.70. The van der Waals surface area contributed by atoms with Crippen LogP contribution in [0.25, 0.3) is 0 Å². The summed E-state index contributed by atoms with van der Waals surface area (Å²) in [5.41, 5.74) is 0.547. The van der Waals surface area contributed by atoms with Gasteiger partial charge in [0.1, 0.15) is 0 Å². The summed E-state index contributed by atoms with van der Waals surface area (Å²) in [4.78, 5) is 10.2. The molecule has 1 N–H and O–H groups in total. The summed E-state index contributed by atoms with van der Waals surface area (Å²) < 4.78 is 4.86. The molecule has 2 rings (SSSR count). The van der Waals surface area contributed by atoms with E-state index in [1.54, 1.807) is 0 Å². The van der Waals surface area contributed by atoms with E-state index in [1.165, 1.54) is 17.1 Å². The molecule has 1 fully saturated rings. The molecule has 4 nitrogen and oxygen atoms in total. The number of ether oxygens (including phenoxy) is 1. The minimum absolute atomic E-state index is 0. The second-order valence-corrected chi connectivity index (χ2v) is 6.75. The van der Waals surface area contributed by atoms with Crippen molar-refractivity contribution in [2.45, 2.75) is 64.6 Å².